The quantitative estimate of drug-likeness (QED) is 0.538. The van der Waals surface area contributed by atoms with Gasteiger partial charge in [-0.2, -0.15) is 0 Å². The summed E-state index contributed by atoms with van der Waals surface area (Å²) in [6.07, 6.45) is 1.86. The van der Waals surface area contributed by atoms with Gasteiger partial charge in [-0.05, 0) is 24.6 Å². The third-order valence-corrected chi connectivity index (χ3v) is 5.29. The summed E-state index contributed by atoms with van der Waals surface area (Å²) in [7, 11) is 0. The Hall–Kier alpha value is -3.58. The van der Waals surface area contributed by atoms with Gasteiger partial charge < -0.3 is 14.8 Å². The third kappa shape index (κ3) is 3.48. The van der Waals surface area contributed by atoms with Crippen LogP contribution in [0.5, 0.6) is 0 Å². The van der Waals surface area contributed by atoms with Crippen LogP contribution in [0.2, 0.25) is 0 Å². The summed E-state index contributed by atoms with van der Waals surface area (Å²) in [6.45, 7) is 4.05. The second-order valence-corrected chi connectivity index (χ2v) is 7.10. The van der Waals surface area contributed by atoms with Crippen LogP contribution in [0.25, 0.3) is 22.6 Å². The molecular weight excluding hydrogens is 370 g/mol. The van der Waals surface area contributed by atoms with Gasteiger partial charge in [-0.25, -0.2) is 4.98 Å². The van der Waals surface area contributed by atoms with Crippen molar-refractivity contribution in [2.24, 2.45) is 0 Å². The van der Waals surface area contributed by atoms with Crippen molar-refractivity contribution in [2.45, 2.75) is 13.5 Å². The van der Waals surface area contributed by atoms with Gasteiger partial charge in [0.15, 0.2) is 0 Å². The number of benzene rings is 2. The van der Waals surface area contributed by atoms with Crippen molar-refractivity contribution in [3.05, 3.63) is 81.0 Å². The Balaban J connectivity index is 1.96. The van der Waals surface area contributed by atoms with Crippen LogP contribution in [0.15, 0.2) is 48.5 Å². The summed E-state index contributed by atoms with van der Waals surface area (Å²) < 4.78 is 0. The molecule has 4 rings (SSSR count). The highest BCUT2D eigenvalue weighted by Gasteiger charge is 2.28. The third-order valence-electron chi connectivity index (χ3n) is 5.29. The molecule has 146 valence electrons. The standard InChI is InChI=1S/C22H19N3O4/c1-2-24-12-15(10-14-6-5-7-16(11-14)25(28)29)21-18(13-24)20(22(26)27)17-8-3-4-9-19(17)23-21/h3-11H,2,12-13H2,1H3,(H,26,27)/b15-10+. The lowest BCUT2D eigenvalue weighted by molar-refractivity contribution is -0.905. The van der Waals surface area contributed by atoms with Crippen LogP contribution >= 0.6 is 0 Å². The van der Waals surface area contributed by atoms with Gasteiger partial charge >= 0.3 is 0 Å². The maximum absolute atomic E-state index is 12.0. The Bertz CT molecular complexity index is 1170. The van der Waals surface area contributed by atoms with Gasteiger partial charge in [-0.3, -0.25) is 10.1 Å². The van der Waals surface area contributed by atoms with E-state index in [0.29, 0.717) is 40.8 Å². The molecule has 2 heterocycles. The van der Waals surface area contributed by atoms with Gasteiger partial charge in [0.05, 0.1) is 28.6 Å². The number of nitro groups is 1. The summed E-state index contributed by atoms with van der Waals surface area (Å²) in [5.41, 5.74) is 3.61. The predicted molar refractivity (Wildman–Crippen MR) is 107 cm³/mol. The van der Waals surface area contributed by atoms with E-state index in [0.717, 1.165) is 12.1 Å². The number of rotatable bonds is 4. The number of carbonyl (C=O) groups excluding carboxylic acids is 1. The molecule has 3 aromatic rings. The molecule has 0 saturated carbocycles. The monoisotopic (exact) mass is 389 g/mol. The molecule has 7 nitrogen and oxygen atoms in total. The Morgan fingerprint density at radius 2 is 2.00 bits per heavy atom. The molecule has 0 bridgehead atoms. The van der Waals surface area contributed by atoms with Crippen LogP contribution in [-0.2, 0) is 6.54 Å². The topological polar surface area (TPSA) is 101 Å². The Morgan fingerprint density at radius 3 is 2.72 bits per heavy atom. The van der Waals surface area contributed by atoms with Gasteiger partial charge in [0.2, 0.25) is 0 Å². The zero-order chi connectivity index (χ0) is 20.5. The molecule has 1 aliphatic rings. The first kappa shape index (κ1) is 18.8. The number of likely N-dealkylation sites (N-methyl/N-ethyl adjacent to an activating group) is 1. The number of quaternary nitrogens is 1. The molecule has 1 aliphatic heterocycles. The van der Waals surface area contributed by atoms with E-state index in [9.17, 15) is 20.0 Å². The number of aromatic carboxylic acids is 1. The molecule has 7 heteroatoms. The van der Waals surface area contributed by atoms with Crippen molar-refractivity contribution < 1.29 is 19.7 Å². The number of pyridine rings is 1. The first-order chi connectivity index (χ1) is 14.0. The minimum Gasteiger partial charge on any atom is -0.545 e. The summed E-state index contributed by atoms with van der Waals surface area (Å²) in [5, 5.41) is 23.7. The number of carboxylic acids is 1. The molecular formula is C22H19N3O4. The fraction of sp³-hybridized carbons (Fsp3) is 0.182. The molecule has 0 spiro atoms. The zero-order valence-corrected chi connectivity index (χ0v) is 15.8. The van der Waals surface area contributed by atoms with Crippen LogP contribution in [0.4, 0.5) is 5.69 Å². The molecule has 2 aromatic carbocycles. The van der Waals surface area contributed by atoms with E-state index in [1.807, 2.05) is 19.1 Å². The number of carboxylic acid groups (broad SMARTS) is 1. The lowest BCUT2D eigenvalue weighted by Crippen LogP contribution is -3.11. The number of nitrogens with zero attached hydrogens (tertiary/aromatic N) is 2. The lowest BCUT2D eigenvalue weighted by Gasteiger charge is -2.29. The number of non-ortho nitro benzene ring substituents is 1. The van der Waals surface area contributed by atoms with Crippen LogP contribution < -0.4 is 10.0 Å². The van der Waals surface area contributed by atoms with Crippen LogP contribution in [0.3, 0.4) is 0 Å². The summed E-state index contributed by atoms with van der Waals surface area (Å²) >= 11 is 0. The number of nitro benzene ring substituents is 1. The maximum Gasteiger partial charge on any atom is 0.270 e. The minimum absolute atomic E-state index is 0.0111. The van der Waals surface area contributed by atoms with Crippen LogP contribution in [0, 0.1) is 10.1 Å². The lowest BCUT2D eigenvalue weighted by atomic mass is 9.92. The fourth-order valence-corrected chi connectivity index (χ4v) is 3.89. The molecule has 1 unspecified atom stereocenters. The molecule has 29 heavy (non-hydrogen) atoms. The van der Waals surface area contributed by atoms with E-state index >= 15 is 0 Å². The van der Waals surface area contributed by atoms with Crippen molar-refractivity contribution in [2.75, 3.05) is 13.1 Å². The summed E-state index contributed by atoms with van der Waals surface area (Å²) in [4.78, 5) is 28.6. The molecule has 0 saturated heterocycles. The zero-order valence-electron chi connectivity index (χ0n) is 15.8. The molecule has 1 N–H and O–H groups in total. The van der Waals surface area contributed by atoms with Crippen molar-refractivity contribution in [1.82, 2.24) is 4.98 Å². The average Bonchev–Trinajstić information content (AvgIpc) is 2.72. The molecule has 1 atom stereocenters. The molecule has 0 amide bonds. The number of carbonyl (C=O) groups is 1. The largest absolute Gasteiger partial charge is 0.545 e. The van der Waals surface area contributed by atoms with Crippen molar-refractivity contribution >= 4 is 34.2 Å². The highest BCUT2D eigenvalue weighted by atomic mass is 16.6. The number of hydrogen-bond acceptors (Lipinski definition) is 5. The van der Waals surface area contributed by atoms with Crippen molar-refractivity contribution in [3.8, 4) is 0 Å². The number of para-hydroxylation sites is 1. The first-order valence-corrected chi connectivity index (χ1v) is 9.40. The van der Waals surface area contributed by atoms with E-state index in [-0.39, 0.29) is 11.3 Å². The highest BCUT2D eigenvalue weighted by molar-refractivity contribution is 6.05. The van der Waals surface area contributed by atoms with E-state index < -0.39 is 10.9 Å². The highest BCUT2D eigenvalue weighted by Crippen LogP contribution is 2.30. The Morgan fingerprint density at radius 1 is 1.21 bits per heavy atom. The SMILES string of the molecule is CC[NH+]1C/C(=C\c2cccc([N+](=O)[O-])c2)c2nc3ccccc3c(C(=O)[O-])c2C1. The summed E-state index contributed by atoms with van der Waals surface area (Å²) in [5.74, 6) is -1.22. The van der Waals surface area contributed by atoms with E-state index in [1.54, 1.807) is 30.3 Å². The Labute approximate surface area is 167 Å². The van der Waals surface area contributed by atoms with E-state index in [1.165, 1.54) is 17.0 Å². The molecule has 1 aromatic heterocycles. The number of fused-ring (bicyclic) bond motifs is 2. The van der Waals surface area contributed by atoms with Crippen LogP contribution in [0.1, 0.15) is 34.1 Å². The summed E-state index contributed by atoms with van der Waals surface area (Å²) in [6, 6.07) is 13.5. The first-order valence-electron chi connectivity index (χ1n) is 9.40. The number of hydrogen-bond donors (Lipinski definition) is 1. The molecule has 0 aliphatic carbocycles. The molecule has 0 fully saturated rings. The predicted octanol–water partition coefficient (Wildman–Crippen LogP) is 1.47. The van der Waals surface area contributed by atoms with Gasteiger partial charge in [0, 0.05) is 34.2 Å². The van der Waals surface area contributed by atoms with E-state index in [2.05, 4.69) is 0 Å². The minimum atomic E-state index is -1.22. The fourth-order valence-electron chi connectivity index (χ4n) is 3.89. The average molecular weight is 389 g/mol. The maximum atomic E-state index is 12.0. The number of aromatic nitrogens is 1. The second-order valence-electron chi connectivity index (χ2n) is 7.10. The second kappa shape index (κ2) is 7.44. The van der Waals surface area contributed by atoms with Crippen molar-refractivity contribution in [1.29, 1.82) is 0 Å². The van der Waals surface area contributed by atoms with Gasteiger partial charge in [-0.1, -0.05) is 30.3 Å². The van der Waals surface area contributed by atoms with Gasteiger partial charge in [0.25, 0.3) is 5.69 Å². The van der Waals surface area contributed by atoms with Gasteiger partial charge in [0.1, 0.15) is 13.1 Å². The van der Waals surface area contributed by atoms with Crippen molar-refractivity contribution in [3.63, 3.8) is 0 Å². The van der Waals surface area contributed by atoms with Crippen LogP contribution in [-0.4, -0.2) is 29.0 Å². The van der Waals surface area contributed by atoms with Gasteiger partial charge in [-0.15, -0.1) is 0 Å². The normalized spacial score (nSPS) is 17.3. The van der Waals surface area contributed by atoms with E-state index in [4.69, 9.17) is 4.98 Å². The Kier molecular flexibility index (Phi) is 4.82. The smallest absolute Gasteiger partial charge is 0.270 e. The number of nitrogens with one attached hydrogen (secondary N) is 1. The molecule has 0 radical (unpaired) electrons.